The van der Waals surface area contributed by atoms with E-state index in [0.29, 0.717) is 22.5 Å². The Balaban J connectivity index is 2.69. The van der Waals surface area contributed by atoms with E-state index < -0.39 is 0 Å². The van der Waals surface area contributed by atoms with Gasteiger partial charge >= 0.3 is 0 Å². The summed E-state index contributed by atoms with van der Waals surface area (Å²) in [6, 6.07) is 5.23. The number of hydrogen-bond donors (Lipinski definition) is 2. The van der Waals surface area contributed by atoms with Gasteiger partial charge in [0.15, 0.2) is 0 Å². The van der Waals surface area contributed by atoms with Crippen LogP contribution in [-0.2, 0) is 0 Å². The zero-order valence-electron chi connectivity index (χ0n) is 11.7. The van der Waals surface area contributed by atoms with Crippen molar-refractivity contribution in [1.29, 1.82) is 5.26 Å². The average Bonchev–Trinajstić information content (AvgIpc) is 2.46. The summed E-state index contributed by atoms with van der Waals surface area (Å²) < 4.78 is 0. The predicted octanol–water partition coefficient (Wildman–Crippen LogP) is 1.45. The zero-order chi connectivity index (χ0) is 15.4. The number of hydrogen-bond acceptors (Lipinski definition) is 5. The van der Waals surface area contributed by atoms with Gasteiger partial charge in [-0.15, -0.1) is 0 Å². The van der Waals surface area contributed by atoms with E-state index in [1.165, 1.54) is 6.20 Å². The predicted molar refractivity (Wildman–Crippen MR) is 79.2 cm³/mol. The second-order valence-corrected chi connectivity index (χ2v) is 4.63. The van der Waals surface area contributed by atoms with Crippen LogP contribution in [0.3, 0.4) is 0 Å². The standard InChI is InChI=1S/C14H14N6O/c1-8(2)11-12(9-3-4-10(5-15)17-6-9)19-14(18-7-16)20-13(11)21/h3-4,6-8H,1-2H3,(H3,16,18,19,20,21). The van der Waals surface area contributed by atoms with E-state index in [1.807, 2.05) is 19.9 Å². The number of nitrogens with two attached hydrogens (primary N) is 1. The Bertz CT molecular complexity index is 768. The molecule has 7 heteroatoms. The number of aliphatic imine (C=N–C) groups is 1. The molecule has 2 aromatic rings. The smallest absolute Gasteiger partial charge is 0.256 e. The van der Waals surface area contributed by atoms with Gasteiger partial charge < -0.3 is 5.73 Å². The Morgan fingerprint density at radius 2 is 2.24 bits per heavy atom. The molecule has 0 saturated carbocycles. The first-order chi connectivity index (χ1) is 10.1. The van der Waals surface area contributed by atoms with Crippen LogP contribution in [0.5, 0.6) is 0 Å². The van der Waals surface area contributed by atoms with Crippen LogP contribution in [0.2, 0.25) is 0 Å². The van der Waals surface area contributed by atoms with Gasteiger partial charge in [0.2, 0.25) is 5.95 Å². The van der Waals surface area contributed by atoms with Gasteiger partial charge in [-0.25, -0.2) is 15.0 Å². The molecule has 2 heterocycles. The number of rotatable bonds is 3. The van der Waals surface area contributed by atoms with E-state index in [-0.39, 0.29) is 17.4 Å². The quantitative estimate of drug-likeness (QED) is 0.651. The first kappa shape index (κ1) is 14.4. The summed E-state index contributed by atoms with van der Waals surface area (Å²) in [6.45, 7) is 3.80. The lowest BCUT2D eigenvalue weighted by Gasteiger charge is -2.11. The molecule has 0 unspecified atom stereocenters. The summed E-state index contributed by atoms with van der Waals surface area (Å²) in [7, 11) is 0. The maximum Gasteiger partial charge on any atom is 0.256 e. The van der Waals surface area contributed by atoms with Crippen molar-refractivity contribution in [3.05, 3.63) is 39.9 Å². The summed E-state index contributed by atoms with van der Waals surface area (Å²) in [6.07, 6.45) is 2.58. The molecular weight excluding hydrogens is 268 g/mol. The van der Waals surface area contributed by atoms with Crippen molar-refractivity contribution in [3.8, 4) is 17.3 Å². The average molecular weight is 282 g/mol. The van der Waals surface area contributed by atoms with Gasteiger partial charge in [-0.3, -0.25) is 9.78 Å². The van der Waals surface area contributed by atoms with E-state index in [0.717, 1.165) is 6.34 Å². The van der Waals surface area contributed by atoms with Crippen LogP contribution in [0.1, 0.15) is 31.0 Å². The molecule has 0 aliphatic carbocycles. The van der Waals surface area contributed by atoms with E-state index in [1.54, 1.807) is 12.1 Å². The third-order valence-electron chi connectivity index (χ3n) is 2.87. The summed E-state index contributed by atoms with van der Waals surface area (Å²) in [5.41, 5.74) is 6.95. The van der Waals surface area contributed by atoms with Gasteiger partial charge in [-0.05, 0) is 18.1 Å². The third-order valence-corrected chi connectivity index (χ3v) is 2.87. The molecule has 3 N–H and O–H groups in total. The van der Waals surface area contributed by atoms with Gasteiger partial charge in [-0.2, -0.15) is 5.26 Å². The highest BCUT2D eigenvalue weighted by atomic mass is 16.1. The second-order valence-electron chi connectivity index (χ2n) is 4.63. The Hall–Kier alpha value is -3.01. The van der Waals surface area contributed by atoms with Crippen molar-refractivity contribution in [2.75, 3.05) is 0 Å². The highest BCUT2D eigenvalue weighted by Gasteiger charge is 2.16. The molecule has 2 aromatic heterocycles. The molecule has 106 valence electrons. The van der Waals surface area contributed by atoms with Gasteiger partial charge in [0, 0.05) is 17.3 Å². The molecule has 0 aliphatic heterocycles. The number of nitrogens with zero attached hydrogens (tertiary/aromatic N) is 4. The number of H-pyrrole nitrogens is 1. The minimum absolute atomic E-state index is 0.0252. The van der Waals surface area contributed by atoms with E-state index >= 15 is 0 Å². The highest BCUT2D eigenvalue weighted by Crippen LogP contribution is 2.25. The Morgan fingerprint density at radius 3 is 2.76 bits per heavy atom. The van der Waals surface area contributed by atoms with Gasteiger partial charge in [0.1, 0.15) is 11.8 Å². The van der Waals surface area contributed by atoms with E-state index in [9.17, 15) is 4.79 Å². The second kappa shape index (κ2) is 5.96. The van der Waals surface area contributed by atoms with Crippen molar-refractivity contribution in [1.82, 2.24) is 15.0 Å². The Morgan fingerprint density at radius 1 is 1.48 bits per heavy atom. The van der Waals surface area contributed by atoms with Crippen LogP contribution in [0.25, 0.3) is 11.3 Å². The largest absolute Gasteiger partial charge is 0.390 e. The molecule has 0 aromatic carbocycles. The van der Waals surface area contributed by atoms with Crippen molar-refractivity contribution in [2.45, 2.75) is 19.8 Å². The van der Waals surface area contributed by atoms with Crippen LogP contribution in [0.15, 0.2) is 28.1 Å². The monoisotopic (exact) mass is 282 g/mol. The molecule has 0 radical (unpaired) electrons. The van der Waals surface area contributed by atoms with E-state index in [2.05, 4.69) is 19.9 Å². The molecule has 21 heavy (non-hydrogen) atoms. The van der Waals surface area contributed by atoms with Crippen LogP contribution >= 0.6 is 0 Å². The first-order valence-electron chi connectivity index (χ1n) is 6.31. The lowest BCUT2D eigenvalue weighted by atomic mass is 9.99. The fourth-order valence-corrected chi connectivity index (χ4v) is 1.96. The first-order valence-corrected chi connectivity index (χ1v) is 6.31. The highest BCUT2D eigenvalue weighted by molar-refractivity contribution is 5.65. The number of pyridine rings is 1. The van der Waals surface area contributed by atoms with Crippen LogP contribution < -0.4 is 11.3 Å². The van der Waals surface area contributed by atoms with Crippen LogP contribution in [0.4, 0.5) is 5.95 Å². The maximum absolute atomic E-state index is 12.2. The molecule has 0 atom stereocenters. The maximum atomic E-state index is 12.2. The number of nitrogens with one attached hydrogen (secondary N) is 1. The molecule has 0 fully saturated rings. The molecule has 0 bridgehead atoms. The molecule has 0 amide bonds. The normalized spacial score (nSPS) is 11.0. The molecule has 0 saturated heterocycles. The fraction of sp³-hybridized carbons (Fsp3) is 0.214. The molecule has 0 spiro atoms. The SMILES string of the molecule is CC(C)c1c(-c2ccc(C#N)nc2)nc(N=CN)[nH]c1=O. The fourth-order valence-electron chi connectivity index (χ4n) is 1.96. The minimum atomic E-state index is -0.264. The summed E-state index contributed by atoms with van der Waals surface area (Å²) in [5.74, 6) is 0.106. The molecule has 2 rings (SSSR count). The molecular formula is C14H14N6O. The van der Waals surface area contributed by atoms with Crippen LogP contribution in [0, 0.1) is 11.3 Å². The van der Waals surface area contributed by atoms with Gasteiger partial charge in [0.05, 0.1) is 12.0 Å². The topological polar surface area (TPSA) is 121 Å². The third kappa shape index (κ3) is 2.95. The van der Waals surface area contributed by atoms with Crippen molar-refractivity contribution in [3.63, 3.8) is 0 Å². The minimum Gasteiger partial charge on any atom is -0.390 e. The Labute approximate surface area is 121 Å². The van der Waals surface area contributed by atoms with Gasteiger partial charge in [0.25, 0.3) is 5.56 Å². The molecule has 0 aliphatic rings. The van der Waals surface area contributed by atoms with Gasteiger partial charge in [-0.1, -0.05) is 13.8 Å². The number of aromatic amines is 1. The van der Waals surface area contributed by atoms with Crippen LogP contribution in [-0.4, -0.2) is 21.3 Å². The Kier molecular flexibility index (Phi) is 4.09. The summed E-state index contributed by atoms with van der Waals surface area (Å²) in [4.78, 5) is 26.9. The summed E-state index contributed by atoms with van der Waals surface area (Å²) >= 11 is 0. The number of nitriles is 1. The van der Waals surface area contributed by atoms with E-state index in [4.69, 9.17) is 11.0 Å². The lowest BCUT2D eigenvalue weighted by molar-refractivity contribution is 0.834. The number of aromatic nitrogens is 3. The zero-order valence-corrected chi connectivity index (χ0v) is 11.7. The lowest BCUT2D eigenvalue weighted by Crippen LogP contribution is -2.17. The molecule has 7 nitrogen and oxygen atoms in total. The van der Waals surface area contributed by atoms with Crippen molar-refractivity contribution >= 4 is 12.3 Å². The van der Waals surface area contributed by atoms with Crippen molar-refractivity contribution in [2.24, 2.45) is 10.7 Å². The summed E-state index contributed by atoms with van der Waals surface area (Å²) in [5, 5.41) is 8.78. The van der Waals surface area contributed by atoms with Crippen molar-refractivity contribution < 1.29 is 0 Å².